The second-order valence-electron chi connectivity index (χ2n) is 3.64. The Morgan fingerprint density at radius 1 is 1.11 bits per heavy atom. The van der Waals surface area contributed by atoms with Crippen LogP contribution in [0.25, 0.3) is 22.6 Å². The van der Waals surface area contributed by atoms with Crippen molar-refractivity contribution in [1.29, 1.82) is 0 Å². The molecule has 3 aromatic rings. The Hall–Kier alpha value is -2.36. The molecule has 2 aromatic heterocycles. The van der Waals surface area contributed by atoms with Gasteiger partial charge < -0.3 is 0 Å². The average Bonchev–Trinajstić information content (AvgIpc) is 2.80. The van der Waals surface area contributed by atoms with Gasteiger partial charge in [0.1, 0.15) is 5.69 Å². The van der Waals surface area contributed by atoms with Gasteiger partial charge in [-0.15, -0.1) is 5.10 Å². The number of hydrogen-bond acceptors (Lipinski definition) is 4. The van der Waals surface area contributed by atoms with E-state index in [4.69, 9.17) is 0 Å². The highest BCUT2D eigenvalue weighted by molar-refractivity contribution is 7.78. The Morgan fingerprint density at radius 3 is 2.72 bits per heavy atom. The number of imidazole rings is 1. The number of aromatic nitrogens is 3. The zero-order valence-electron chi connectivity index (χ0n) is 9.32. The smallest absolute Gasteiger partial charge is 0.181 e. The Balaban J connectivity index is 2.35. The van der Waals surface area contributed by atoms with Crippen molar-refractivity contribution in [3.05, 3.63) is 48.7 Å². The number of benzene rings is 1. The van der Waals surface area contributed by atoms with E-state index in [2.05, 4.69) is 32.4 Å². The normalized spacial score (nSPS) is 10.2. The van der Waals surface area contributed by atoms with E-state index in [1.807, 2.05) is 42.5 Å². The van der Waals surface area contributed by atoms with Crippen LogP contribution in [0.15, 0.2) is 53.8 Å². The number of hydrogen-bond donors (Lipinski definition) is 0. The maximum absolute atomic E-state index is 4.69. The maximum atomic E-state index is 4.69. The van der Waals surface area contributed by atoms with Crippen LogP contribution in [-0.2, 0) is 0 Å². The summed E-state index contributed by atoms with van der Waals surface area (Å²) in [7, 11) is 0. The average molecular weight is 252 g/mol. The van der Waals surface area contributed by atoms with Gasteiger partial charge in [-0.2, -0.15) is 0 Å². The molecule has 0 saturated carbocycles. The van der Waals surface area contributed by atoms with Gasteiger partial charge in [0.2, 0.25) is 0 Å². The zero-order valence-corrected chi connectivity index (χ0v) is 10.1. The number of rotatable bonds is 2. The molecule has 0 atom stereocenters. The fourth-order valence-electron chi connectivity index (χ4n) is 1.82. The number of fused-ring (bicyclic) bond motifs is 1. The molecule has 18 heavy (non-hydrogen) atoms. The van der Waals surface area contributed by atoms with Gasteiger partial charge in [0.25, 0.3) is 0 Å². The molecule has 0 saturated heterocycles. The Morgan fingerprint density at radius 2 is 1.94 bits per heavy atom. The van der Waals surface area contributed by atoms with E-state index in [1.54, 1.807) is 10.9 Å². The van der Waals surface area contributed by atoms with Crippen LogP contribution in [0, 0.1) is 0 Å². The van der Waals surface area contributed by atoms with Gasteiger partial charge in [0.15, 0.2) is 5.82 Å². The minimum absolute atomic E-state index is 0.661. The third-order valence-electron chi connectivity index (χ3n) is 2.57. The van der Waals surface area contributed by atoms with Crippen LogP contribution in [0.1, 0.15) is 0 Å². The van der Waals surface area contributed by atoms with E-state index < -0.39 is 0 Å². The predicted octanol–water partition coefficient (Wildman–Crippen LogP) is 2.96. The van der Waals surface area contributed by atoms with E-state index in [9.17, 15) is 0 Å². The highest BCUT2D eigenvalue weighted by atomic mass is 32.1. The van der Waals surface area contributed by atoms with E-state index >= 15 is 0 Å². The Kier molecular flexibility index (Phi) is 2.68. The third-order valence-corrected chi connectivity index (χ3v) is 2.65. The van der Waals surface area contributed by atoms with Crippen LogP contribution in [0.3, 0.4) is 0 Å². The first-order valence-electron chi connectivity index (χ1n) is 5.37. The first kappa shape index (κ1) is 10.8. The lowest BCUT2D eigenvalue weighted by Crippen LogP contribution is -1.93. The van der Waals surface area contributed by atoms with Gasteiger partial charge in [-0.25, -0.2) is 9.66 Å². The van der Waals surface area contributed by atoms with Crippen molar-refractivity contribution in [3.63, 3.8) is 0 Å². The maximum Gasteiger partial charge on any atom is 0.181 e. The van der Waals surface area contributed by atoms with E-state index in [-0.39, 0.29) is 0 Å². The molecule has 1 aromatic carbocycles. The van der Waals surface area contributed by atoms with Crippen molar-refractivity contribution in [3.8, 4) is 11.5 Å². The van der Waals surface area contributed by atoms with Crippen molar-refractivity contribution in [2.45, 2.75) is 0 Å². The largest absolute Gasteiger partial charge is 0.253 e. The summed E-state index contributed by atoms with van der Waals surface area (Å²) >= 11 is 4.69. The molecular formula is C13H8N4S. The molecule has 3 rings (SSSR count). The molecule has 0 N–H and O–H groups in total. The van der Waals surface area contributed by atoms with Crippen molar-refractivity contribution in [2.24, 2.45) is 5.10 Å². The quantitative estimate of drug-likeness (QED) is 0.520. The molecule has 0 unspecified atom stereocenters. The molecule has 0 bridgehead atoms. The van der Waals surface area contributed by atoms with Gasteiger partial charge in [-0.3, -0.25) is 4.98 Å². The summed E-state index contributed by atoms with van der Waals surface area (Å²) < 4.78 is 1.66. The summed E-state index contributed by atoms with van der Waals surface area (Å²) in [6.45, 7) is 0. The predicted molar refractivity (Wildman–Crippen MR) is 73.4 cm³/mol. The summed E-state index contributed by atoms with van der Waals surface area (Å²) in [5, 5.41) is 6.43. The fourth-order valence-corrected chi connectivity index (χ4v) is 1.90. The number of isothiocyanates is 1. The summed E-state index contributed by atoms with van der Waals surface area (Å²) in [6, 6.07) is 13.4. The number of para-hydroxylation sites is 2. The van der Waals surface area contributed by atoms with Crippen molar-refractivity contribution in [2.75, 3.05) is 0 Å². The molecule has 0 fully saturated rings. The highest BCUT2D eigenvalue weighted by Crippen LogP contribution is 2.22. The van der Waals surface area contributed by atoms with Crippen LogP contribution in [0.2, 0.25) is 0 Å². The van der Waals surface area contributed by atoms with Crippen LogP contribution < -0.4 is 0 Å². The molecule has 4 nitrogen and oxygen atoms in total. The van der Waals surface area contributed by atoms with Crippen molar-refractivity contribution >= 4 is 28.4 Å². The molecule has 0 amide bonds. The molecule has 0 aliphatic heterocycles. The summed E-state index contributed by atoms with van der Waals surface area (Å²) in [5.41, 5.74) is 2.49. The second kappa shape index (κ2) is 4.49. The van der Waals surface area contributed by atoms with Gasteiger partial charge in [-0.05, 0) is 36.5 Å². The first-order chi connectivity index (χ1) is 8.90. The van der Waals surface area contributed by atoms with E-state index in [0.717, 1.165) is 16.7 Å². The van der Waals surface area contributed by atoms with Gasteiger partial charge in [-0.1, -0.05) is 18.2 Å². The van der Waals surface area contributed by atoms with Crippen LogP contribution >= 0.6 is 12.2 Å². The molecule has 86 valence electrons. The molecule has 0 aliphatic rings. The zero-order chi connectivity index (χ0) is 12.4. The number of pyridine rings is 1. The SMILES string of the molecule is S=C=Nn1c(-c2ccccn2)nc2ccccc21. The summed E-state index contributed by atoms with van der Waals surface area (Å²) in [6.07, 6.45) is 1.72. The lowest BCUT2D eigenvalue weighted by Gasteiger charge is -1.99. The second-order valence-corrected chi connectivity index (χ2v) is 3.82. The number of thiocarbonyl (C=S) groups is 1. The van der Waals surface area contributed by atoms with E-state index in [0.29, 0.717) is 5.82 Å². The molecule has 2 heterocycles. The summed E-state index contributed by atoms with van der Waals surface area (Å²) in [4.78, 5) is 8.80. The van der Waals surface area contributed by atoms with E-state index in [1.165, 1.54) is 0 Å². The van der Waals surface area contributed by atoms with Crippen molar-refractivity contribution < 1.29 is 0 Å². The molecule has 5 heteroatoms. The third kappa shape index (κ3) is 1.72. The van der Waals surface area contributed by atoms with Crippen LogP contribution in [0.4, 0.5) is 0 Å². The van der Waals surface area contributed by atoms with Crippen LogP contribution in [0.5, 0.6) is 0 Å². The first-order valence-corrected chi connectivity index (χ1v) is 5.78. The monoisotopic (exact) mass is 252 g/mol. The molecular weight excluding hydrogens is 244 g/mol. The molecule has 0 aliphatic carbocycles. The molecule has 0 radical (unpaired) electrons. The van der Waals surface area contributed by atoms with Crippen LogP contribution in [-0.4, -0.2) is 19.8 Å². The fraction of sp³-hybridized carbons (Fsp3) is 0. The van der Waals surface area contributed by atoms with Crippen molar-refractivity contribution in [1.82, 2.24) is 14.6 Å². The summed E-state index contributed by atoms with van der Waals surface area (Å²) in [5.74, 6) is 0.661. The lowest BCUT2D eigenvalue weighted by atomic mass is 10.3. The molecule has 0 spiro atoms. The minimum atomic E-state index is 0.661. The lowest BCUT2D eigenvalue weighted by molar-refractivity contribution is 0.923. The Labute approximate surface area is 109 Å². The topological polar surface area (TPSA) is 43.1 Å². The highest BCUT2D eigenvalue weighted by Gasteiger charge is 2.12. The minimum Gasteiger partial charge on any atom is -0.253 e. The van der Waals surface area contributed by atoms with Gasteiger partial charge in [0, 0.05) is 6.20 Å². The Bertz CT molecular complexity index is 742. The van der Waals surface area contributed by atoms with Gasteiger partial charge in [0.05, 0.1) is 16.2 Å². The standard InChI is InChI=1S/C13H8N4S/c18-9-15-17-12-7-2-1-5-10(12)16-13(17)11-6-3-4-8-14-11/h1-8H. The number of nitrogens with zero attached hydrogens (tertiary/aromatic N) is 4. The van der Waals surface area contributed by atoms with Gasteiger partial charge >= 0.3 is 0 Å².